The van der Waals surface area contributed by atoms with Crippen LogP contribution in [-0.4, -0.2) is 42.0 Å². The predicted molar refractivity (Wildman–Crippen MR) is 123 cm³/mol. The smallest absolute Gasteiger partial charge is 0.496 e. The molecule has 2 heterocycles. The van der Waals surface area contributed by atoms with Gasteiger partial charge in [0.2, 0.25) is 0 Å². The molecule has 1 aliphatic rings. The number of nitrogen functional groups attached to an aromatic ring is 1. The van der Waals surface area contributed by atoms with E-state index in [1.54, 1.807) is 19.1 Å². The summed E-state index contributed by atoms with van der Waals surface area (Å²) in [6, 6.07) is 8.15. The Bertz CT molecular complexity index is 1250. The lowest BCUT2D eigenvalue weighted by molar-refractivity contribution is -0.274. The van der Waals surface area contributed by atoms with Gasteiger partial charge in [-0.3, -0.25) is 0 Å². The molecule has 180 valence electrons. The molecular formula is C23H25BF3N3O4. The number of hydrogen-bond donors (Lipinski definition) is 1. The molecule has 1 aliphatic heterocycles. The quantitative estimate of drug-likeness (QED) is 0.560. The van der Waals surface area contributed by atoms with Crippen molar-refractivity contribution in [1.82, 2.24) is 10.2 Å². The molecule has 11 heteroatoms. The number of aryl methyl sites for hydroxylation is 1. The van der Waals surface area contributed by atoms with Crippen LogP contribution in [0.15, 0.2) is 30.3 Å². The van der Waals surface area contributed by atoms with E-state index in [1.165, 1.54) is 19.2 Å². The molecule has 2 N–H and O–H groups in total. The van der Waals surface area contributed by atoms with Crippen molar-refractivity contribution < 1.29 is 32.0 Å². The number of fused-ring (bicyclic) bond motifs is 1. The molecule has 0 saturated carbocycles. The first-order valence-corrected chi connectivity index (χ1v) is 10.6. The van der Waals surface area contributed by atoms with E-state index < -0.39 is 30.4 Å². The first kappa shape index (κ1) is 24.1. The zero-order valence-electron chi connectivity index (χ0n) is 19.7. The fourth-order valence-electron chi connectivity index (χ4n) is 3.81. The molecule has 0 radical (unpaired) electrons. The van der Waals surface area contributed by atoms with Crippen molar-refractivity contribution in [3.05, 3.63) is 36.0 Å². The Morgan fingerprint density at radius 2 is 1.59 bits per heavy atom. The maximum atomic E-state index is 13.3. The minimum Gasteiger partial charge on any atom is -0.496 e. The number of anilines is 1. The average Bonchev–Trinajstić information content (AvgIpc) is 2.96. The van der Waals surface area contributed by atoms with E-state index in [9.17, 15) is 13.2 Å². The van der Waals surface area contributed by atoms with Gasteiger partial charge in [0.05, 0.1) is 24.0 Å². The van der Waals surface area contributed by atoms with Crippen LogP contribution in [0.25, 0.3) is 21.9 Å². The summed E-state index contributed by atoms with van der Waals surface area (Å²) in [4.78, 5) is 0. The summed E-state index contributed by atoms with van der Waals surface area (Å²) in [6.45, 7) is 9.07. The standard InChI is InChI=1S/C23H25BF3N3O4/c1-12-15-9-13(7-8-14(15)20(28)30-29-12)16-10-17(24-33-21(2,3)22(4,5)34-24)19(11-18(16)31-6)32-23(25,26)27/h7-11H,1-6H3,(H2,28,30). The van der Waals surface area contributed by atoms with Crippen LogP contribution in [0, 0.1) is 6.92 Å². The van der Waals surface area contributed by atoms with Gasteiger partial charge in [-0.2, -0.15) is 5.10 Å². The number of alkyl halides is 3. The fourth-order valence-corrected chi connectivity index (χ4v) is 3.81. The first-order chi connectivity index (χ1) is 15.7. The Kier molecular flexibility index (Phi) is 5.68. The van der Waals surface area contributed by atoms with E-state index in [4.69, 9.17) is 19.8 Å². The third kappa shape index (κ3) is 4.25. The molecule has 0 unspecified atom stereocenters. The highest BCUT2D eigenvalue weighted by Gasteiger charge is 2.53. The van der Waals surface area contributed by atoms with E-state index in [1.807, 2.05) is 33.8 Å². The number of benzene rings is 2. The molecule has 1 aromatic heterocycles. The van der Waals surface area contributed by atoms with Crippen molar-refractivity contribution in [2.75, 3.05) is 12.8 Å². The Morgan fingerprint density at radius 1 is 0.941 bits per heavy atom. The second-order valence-corrected chi connectivity index (χ2v) is 9.16. The average molecular weight is 475 g/mol. The molecule has 0 atom stereocenters. The Labute approximate surface area is 195 Å². The highest BCUT2D eigenvalue weighted by Crippen LogP contribution is 2.40. The van der Waals surface area contributed by atoms with Crippen LogP contribution in [0.1, 0.15) is 33.4 Å². The van der Waals surface area contributed by atoms with Crippen LogP contribution in [0.2, 0.25) is 0 Å². The molecule has 4 rings (SSSR count). The topological polar surface area (TPSA) is 88.7 Å². The van der Waals surface area contributed by atoms with E-state index >= 15 is 0 Å². The minimum atomic E-state index is -4.92. The van der Waals surface area contributed by atoms with Crippen LogP contribution in [0.4, 0.5) is 19.0 Å². The molecule has 1 saturated heterocycles. The molecule has 2 aromatic carbocycles. The Hall–Kier alpha value is -3.05. The highest BCUT2D eigenvalue weighted by atomic mass is 19.4. The molecule has 0 amide bonds. The van der Waals surface area contributed by atoms with Crippen LogP contribution in [-0.2, 0) is 9.31 Å². The summed E-state index contributed by atoms with van der Waals surface area (Å²) < 4.78 is 61.6. The third-order valence-electron chi connectivity index (χ3n) is 6.37. The van der Waals surface area contributed by atoms with Crippen LogP contribution in [0.3, 0.4) is 0 Å². The number of nitrogens with two attached hydrogens (primary N) is 1. The van der Waals surface area contributed by atoms with Gasteiger partial charge >= 0.3 is 13.5 Å². The number of hydrogen-bond acceptors (Lipinski definition) is 7. The molecule has 0 aliphatic carbocycles. The molecule has 3 aromatic rings. The first-order valence-electron chi connectivity index (χ1n) is 10.6. The summed E-state index contributed by atoms with van der Waals surface area (Å²) >= 11 is 0. The number of aromatic nitrogens is 2. The lowest BCUT2D eigenvalue weighted by atomic mass is 9.76. The van der Waals surface area contributed by atoms with Crippen LogP contribution in [0.5, 0.6) is 11.5 Å². The van der Waals surface area contributed by atoms with Crippen molar-refractivity contribution in [1.29, 1.82) is 0 Å². The SMILES string of the molecule is COc1cc(OC(F)(F)F)c(B2OC(C)(C)C(C)(C)O2)cc1-c1ccc2c(N)nnc(C)c2c1. The molecule has 1 fully saturated rings. The van der Waals surface area contributed by atoms with Crippen molar-refractivity contribution in [2.45, 2.75) is 52.2 Å². The van der Waals surface area contributed by atoms with Crippen molar-refractivity contribution in [3.63, 3.8) is 0 Å². The summed E-state index contributed by atoms with van der Waals surface area (Å²) in [5, 5.41) is 9.47. The van der Waals surface area contributed by atoms with Gasteiger partial charge in [0.25, 0.3) is 0 Å². The summed E-state index contributed by atoms with van der Waals surface area (Å²) in [6.07, 6.45) is -4.92. The van der Waals surface area contributed by atoms with E-state index in [0.29, 0.717) is 16.8 Å². The summed E-state index contributed by atoms with van der Waals surface area (Å²) in [7, 11) is 0.288. The van der Waals surface area contributed by atoms with Gasteiger partial charge in [-0.05, 0) is 58.4 Å². The second-order valence-electron chi connectivity index (χ2n) is 9.16. The molecular weight excluding hydrogens is 450 g/mol. The zero-order valence-corrected chi connectivity index (χ0v) is 19.7. The third-order valence-corrected chi connectivity index (χ3v) is 6.37. The largest absolute Gasteiger partial charge is 0.573 e. The van der Waals surface area contributed by atoms with Gasteiger partial charge in [0, 0.05) is 27.9 Å². The molecule has 0 spiro atoms. The van der Waals surface area contributed by atoms with Crippen molar-refractivity contribution in [3.8, 4) is 22.6 Å². The Balaban J connectivity index is 1.91. The van der Waals surface area contributed by atoms with Crippen LogP contribution >= 0.6 is 0 Å². The number of nitrogens with zero attached hydrogens (tertiary/aromatic N) is 2. The predicted octanol–water partition coefficient (Wildman–Crippen LogP) is 4.39. The maximum Gasteiger partial charge on any atom is 0.573 e. The molecule has 34 heavy (non-hydrogen) atoms. The van der Waals surface area contributed by atoms with Crippen molar-refractivity contribution in [2.24, 2.45) is 0 Å². The van der Waals surface area contributed by atoms with Gasteiger partial charge in [-0.1, -0.05) is 6.07 Å². The fraction of sp³-hybridized carbons (Fsp3) is 0.391. The van der Waals surface area contributed by atoms with Gasteiger partial charge in [0.1, 0.15) is 11.5 Å². The number of ether oxygens (including phenoxy) is 2. The lowest BCUT2D eigenvalue weighted by Crippen LogP contribution is -2.41. The van der Waals surface area contributed by atoms with Crippen LogP contribution < -0.4 is 20.7 Å². The lowest BCUT2D eigenvalue weighted by Gasteiger charge is -2.32. The van der Waals surface area contributed by atoms with E-state index in [0.717, 1.165) is 10.8 Å². The maximum absolute atomic E-state index is 13.3. The number of methoxy groups -OCH3 is 1. The van der Waals surface area contributed by atoms with Gasteiger partial charge in [0.15, 0.2) is 5.82 Å². The molecule has 0 bridgehead atoms. The number of rotatable bonds is 4. The van der Waals surface area contributed by atoms with Gasteiger partial charge in [-0.25, -0.2) is 0 Å². The minimum absolute atomic E-state index is 0.0935. The van der Waals surface area contributed by atoms with Gasteiger partial charge < -0.3 is 24.5 Å². The van der Waals surface area contributed by atoms with Crippen molar-refractivity contribution >= 4 is 29.2 Å². The summed E-state index contributed by atoms with van der Waals surface area (Å²) in [5.74, 6) is 0.0103. The Morgan fingerprint density at radius 3 is 2.18 bits per heavy atom. The number of halogens is 3. The van der Waals surface area contributed by atoms with Gasteiger partial charge in [-0.15, -0.1) is 18.3 Å². The highest BCUT2D eigenvalue weighted by molar-refractivity contribution is 6.63. The second kappa shape index (κ2) is 8.02. The molecule has 7 nitrogen and oxygen atoms in total. The zero-order chi connectivity index (χ0) is 25.1. The normalized spacial score (nSPS) is 17.3. The van der Waals surface area contributed by atoms with E-state index in [2.05, 4.69) is 14.9 Å². The van der Waals surface area contributed by atoms with E-state index in [-0.39, 0.29) is 17.0 Å². The monoisotopic (exact) mass is 475 g/mol. The summed E-state index contributed by atoms with van der Waals surface area (Å²) in [5.41, 5.74) is 6.39.